The van der Waals surface area contributed by atoms with E-state index in [-0.39, 0.29) is 0 Å². The minimum atomic E-state index is 0.510. The van der Waals surface area contributed by atoms with Gasteiger partial charge in [0.05, 0.1) is 0 Å². The molecule has 2 rings (SSSR count). The molecule has 0 bridgehead atoms. The highest BCUT2D eigenvalue weighted by Crippen LogP contribution is 2.37. The molecule has 0 saturated heterocycles. The van der Waals surface area contributed by atoms with E-state index in [0.29, 0.717) is 6.04 Å². The van der Waals surface area contributed by atoms with Crippen molar-refractivity contribution in [3.8, 4) is 0 Å². The normalized spacial score (nSPS) is 17.8. The van der Waals surface area contributed by atoms with Crippen LogP contribution < -0.4 is 5.32 Å². The molecule has 1 aromatic rings. The SMILES string of the molecule is CCC(CC)C(NC)c1ccc(C2CCC2)cc1. The average Bonchev–Trinajstić information content (AvgIpc) is 2.35. The Bertz CT molecular complexity index is 346. The number of rotatable bonds is 6. The highest BCUT2D eigenvalue weighted by Gasteiger charge is 2.21. The van der Waals surface area contributed by atoms with Gasteiger partial charge >= 0.3 is 0 Å². The Morgan fingerprint density at radius 3 is 2.11 bits per heavy atom. The van der Waals surface area contributed by atoms with Gasteiger partial charge in [-0.1, -0.05) is 57.4 Å². The van der Waals surface area contributed by atoms with Gasteiger partial charge in [-0.05, 0) is 42.9 Å². The van der Waals surface area contributed by atoms with E-state index in [4.69, 9.17) is 0 Å². The van der Waals surface area contributed by atoms with E-state index < -0.39 is 0 Å². The Labute approximate surface area is 112 Å². The lowest BCUT2D eigenvalue weighted by Gasteiger charge is -2.28. The lowest BCUT2D eigenvalue weighted by molar-refractivity contribution is 0.359. The third-order valence-corrected chi connectivity index (χ3v) is 4.70. The van der Waals surface area contributed by atoms with Crippen molar-refractivity contribution in [2.24, 2.45) is 5.92 Å². The van der Waals surface area contributed by atoms with Crippen molar-refractivity contribution in [1.29, 1.82) is 0 Å². The van der Waals surface area contributed by atoms with Crippen LogP contribution in [0, 0.1) is 5.92 Å². The molecule has 0 amide bonds. The molecule has 0 radical (unpaired) electrons. The monoisotopic (exact) mass is 245 g/mol. The predicted molar refractivity (Wildman–Crippen MR) is 78.9 cm³/mol. The van der Waals surface area contributed by atoms with Crippen molar-refractivity contribution >= 4 is 0 Å². The third kappa shape index (κ3) is 2.77. The first-order valence-electron chi connectivity index (χ1n) is 7.57. The lowest BCUT2D eigenvalue weighted by atomic mass is 9.79. The highest BCUT2D eigenvalue weighted by atomic mass is 14.9. The maximum absolute atomic E-state index is 3.50. The van der Waals surface area contributed by atoms with Crippen LogP contribution >= 0.6 is 0 Å². The number of hydrogen-bond acceptors (Lipinski definition) is 1. The fourth-order valence-electron chi connectivity index (χ4n) is 3.15. The summed E-state index contributed by atoms with van der Waals surface area (Å²) in [6, 6.07) is 9.90. The number of benzene rings is 1. The zero-order valence-electron chi connectivity index (χ0n) is 12.1. The number of hydrogen-bond donors (Lipinski definition) is 1. The Kier molecular flexibility index (Phi) is 4.82. The Balaban J connectivity index is 2.10. The summed E-state index contributed by atoms with van der Waals surface area (Å²) in [5.74, 6) is 1.59. The van der Waals surface area contributed by atoms with E-state index in [9.17, 15) is 0 Å². The van der Waals surface area contributed by atoms with Crippen LogP contribution in [0.3, 0.4) is 0 Å². The van der Waals surface area contributed by atoms with Crippen LogP contribution in [0.15, 0.2) is 24.3 Å². The summed E-state index contributed by atoms with van der Waals surface area (Å²) >= 11 is 0. The van der Waals surface area contributed by atoms with Gasteiger partial charge in [0.1, 0.15) is 0 Å². The first kappa shape index (κ1) is 13.6. The van der Waals surface area contributed by atoms with E-state index >= 15 is 0 Å². The van der Waals surface area contributed by atoms with E-state index in [2.05, 4.69) is 50.5 Å². The fraction of sp³-hybridized carbons (Fsp3) is 0.647. The number of nitrogens with one attached hydrogen (secondary N) is 1. The predicted octanol–water partition coefficient (Wildman–Crippen LogP) is 4.65. The third-order valence-electron chi connectivity index (χ3n) is 4.70. The summed E-state index contributed by atoms with van der Waals surface area (Å²) in [6.45, 7) is 4.59. The zero-order valence-corrected chi connectivity index (χ0v) is 12.1. The van der Waals surface area contributed by atoms with Crippen molar-refractivity contribution in [3.05, 3.63) is 35.4 Å². The zero-order chi connectivity index (χ0) is 13.0. The molecule has 1 aromatic carbocycles. The van der Waals surface area contributed by atoms with Gasteiger partial charge in [-0.25, -0.2) is 0 Å². The lowest BCUT2D eigenvalue weighted by Crippen LogP contribution is -2.24. The highest BCUT2D eigenvalue weighted by molar-refractivity contribution is 5.28. The van der Waals surface area contributed by atoms with Crippen molar-refractivity contribution < 1.29 is 0 Å². The summed E-state index contributed by atoms with van der Waals surface area (Å²) < 4.78 is 0. The Morgan fingerprint density at radius 2 is 1.72 bits per heavy atom. The summed E-state index contributed by atoms with van der Waals surface area (Å²) in [7, 11) is 2.09. The quantitative estimate of drug-likeness (QED) is 0.769. The van der Waals surface area contributed by atoms with E-state index in [0.717, 1.165) is 11.8 Å². The van der Waals surface area contributed by atoms with Gasteiger partial charge < -0.3 is 5.32 Å². The van der Waals surface area contributed by atoms with Crippen LogP contribution in [0.2, 0.25) is 0 Å². The van der Waals surface area contributed by atoms with Gasteiger partial charge in [0, 0.05) is 6.04 Å². The summed E-state index contributed by atoms with van der Waals surface area (Å²) in [6.07, 6.45) is 6.68. The molecule has 100 valence electrons. The smallest absolute Gasteiger partial charge is 0.0345 e. The molecule has 18 heavy (non-hydrogen) atoms. The second-order valence-electron chi connectivity index (χ2n) is 5.64. The van der Waals surface area contributed by atoms with Crippen molar-refractivity contribution in [2.45, 2.75) is 57.9 Å². The Hall–Kier alpha value is -0.820. The van der Waals surface area contributed by atoms with Crippen LogP contribution in [-0.4, -0.2) is 7.05 Å². The van der Waals surface area contributed by atoms with Crippen LogP contribution in [0.4, 0.5) is 0 Å². The van der Waals surface area contributed by atoms with Crippen LogP contribution in [-0.2, 0) is 0 Å². The molecule has 0 spiro atoms. The van der Waals surface area contributed by atoms with Crippen molar-refractivity contribution in [3.63, 3.8) is 0 Å². The van der Waals surface area contributed by atoms with Crippen molar-refractivity contribution in [2.75, 3.05) is 7.05 Å². The van der Waals surface area contributed by atoms with E-state index in [1.807, 2.05) is 0 Å². The van der Waals surface area contributed by atoms with Crippen LogP contribution in [0.5, 0.6) is 0 Å². The van der Waals surface area contributed by atoms with Gasteiger partial charge in [-0.3, -0.25) is 0 Å². The van der Waals surface area contributed by atoms with Gasteiger partial charge in [0.2, 0.25) is 0 Å². The summed E-state index contributed by atoms with van der Waals surface area (Å²) in [5.41, 5.74) is 3.00. The van der Waals surface area contributed by atoms with Gasteiger partial charge in [0.25, 0.3) is 0 Å². The molecule has 1 saturated carbocycles. The van der Waals surface area contributed by atoms with E-state index in [1.54, 1.807) is 5.56 Å². The van der Waals surface area contributed by atoms with Crippen LogP contribution in [0.1, 0.15) is 69.0 Å². The van der Waals surface area contributed by atoms with Crippen LogP contribution in [0.25, 0.3) is 0 Å². The second kappa shape index (κ2) is 6.38. The standard InChI is InChI=1S/C17H27N/c1-4-13(5-2)17(18-3)16-11-9-15(10-12-16)14-7-6-8-14/h9-14,17-18H,4-8H2,1-3H3. The molecule has 1 unspecified atom stereocenters. The minimum absolute atomic E-state index is 0.510. The molecule has 0 heterocycles. The van der Waals surface area contributed by atoms with Gasteiger partial charge in [-0.15, -0.1) is 0 Å². The molecule has 1 N–H and O–H groups in total. The van der Waals surface area contributed by atoms with E-state index in [1.165, 1.54) is 37.7 Å². The maximum atomic E-state index is 3.50. The first-order chi connectivity index (χ1) is 8.80. The Morgan fingerprint density at radius 1 is 1.11 bits per heavy atom. The first-order valence-corrected chi connectivity index (χ1v) is 7.57. The summed E-state index contributed by atoms with van der Waals surface area (Å²) in [4.78, 5) is 0. The molecule has 1 heteroatoms. The average molecular weight is 245 g/mol. The molecule has 0 aromatic heterocycles. The molecular weight excluding hydrogens is 218 g/mol. The molecule has 1 aliphatic carbocycles. The van der Waals surface area contributed by atoms with Crippen molar-refractivity contribution in [1.82, 2.24) is 5.32 Å². The second-order valence-corrected chi connectivity index (χ2v) is 5.64. The molecular formula is C17H27N. The fourth-order valence-corrected chi connectivity index (χ4v) is 3.15. The summed E-state index contributed by atoms with van der Waals surface area (Å²) in [5, 5.41) is 3.50. The largest absolute Gasteiger partial charge is 0.313 e. The topological polar surface area (TPSA) is 12.0 Å². The minimum Gasteiger partial charge on any atom is -0.313 e. The molecule has 1 atom stereocenters. The molecule has 1 nitrogen and oxygen atoms in total. The molecule has 1 aliphatic rings. The van der Waals surface area contributed by atoms with Gasteiger partial charge in [-0.2, -0.15) is 0 Å². The molecule has 0 aliphatic heterocycles. The van der Waals surface area contributed by atoms with Gasteiger partial charge in [0.15, 0.2) is 0 Å². The molecule has 1 fully saturated rings. The maximum Gasteiger partial charge on any atom is 0.0345 e.